The van der Waals surface area contributed by atoms with Gasteiger partial charge in [0.1, 0.15) is 18.4 Å². The van der Waals surface area contributed by atoms with Crippen LogP contribution in [0.4, 0.5) is 0 Å². The van der Waals surface area contributed by atoms with Crippen LogP contribution in [0.3, 0.4) is 0 Å². The van der Waals surface area contributed by atoms with Gasteiger partial charge in [0.2, 0.25) is 6.33 Å². The summed E-state index contributed by atoms with van der Waals surface area (Å²) in [4.78, 5) is 0. The van der Waals surface area contributed by atoms with Crippen LogP contribution in [0, 0.1) is 6.92 Å². The first kappa shape index (κ1) is 15.3. The summed E-state index contributed by atoms with van der Waals surface area (Å²) in [5.41, 5.74) is 0. The van der Waals surface area contributed by atoms with Crippen molar-refractivity contribution >= 4 is 0 Å². The number of nitrogens with zero attached hydrogens (tertiary/aromatic N) is 2. The zero-order valence-corrected chi connectivity index (χ0v) is 12.3. The molecule has 2 heteroatoms. The van der Waals surface area contributed by atoms with E-state index in [1.165, 1.54) is 44.9 Å². The van der Waals surface area contributed by atoms with Crippen molar-refractivity contribution in [1.82, 2.24) is 4.57 Å². The van der Waals surface area contributed by atoms with Gasteiger partial charge in [-0.25, -0.2) is 9.13 Å². The summed E-state index contributed by atoms with van der Waals surface area (Å²) >= 11 is 0. The molecule has 1 radical (unpaired) electrons. The molecule has 0 fully saturated rings. The quantitative estimate of drug-likeness (QED) is 0.432. The maximum atomic E-state index is 3.90. The second-order valence-electron chi connectivity index (χ2n) is 5.22. The minimum absolute atomic E-state index is 0.678. The topological polar surface area (TPSA) is 8.81 Å². The Morgan fingerprint density at radius 2 is 1.94 bits per heavy atom. The molecule has 0 amide bonds. The van der Waals surface area contributed by atoms with E-state index < -0.39 is 0 Å². The average Bonchev–Trinajstić information content (AvgIpc) is 2.83. The Balaban J connectivity index is 2.34. The fourth-order valence-corrected chi connectivity index (χ4v) is 2.49. The SMILES string of the molecule is [CH2]CCn1cc[n+](C(CC)CCCCCCC)c1. The van der Waals surface area contributed by atoms with Gasteiger partial charge < -0.3 is 0 Å². The van der Waals surface area contributed by atoms with E-state index in [-0.39, 0.29) is 0 Å². The molecule has 1 aromatic heterocycles. The summed E-state index contributed by atoms with van der Waals surface area (Å²) in [5, 5.41) is 0. The van der Waals surface area contributed by atoms with Gasteiger partial charge in [-0.3, -0.25) is 0 Å². The molecule has 1 aromatic rings. The molecule has 0 N–H and O–H groups in total. The van der Waals surface area contributed by atoms with Crippen molar-refractivity contribution in [3.8, 4) is 0 Å². The Kier molecular flexibility index (Phi) is 7.79. The van der Waals surface area contributed by atoms with Crippen LogP contribution in [-0.4, -0.2) is 4.57 Å². The van der Waals surface area contributed by atoms with Crippen LogP contribution in [0.5, 0.6) is 0 Å². The molecule has 1 heterocycles. The molecule has 0 aliphatic heterocycles. The normalized spacial score (nSPS) is 12.8. The first-order chi connectivity index (χ1) is 8.81. The highest BCUT2D eigenvalue weighted by Gasteiger charge is 2.14. The van der Waals surface area contributed by atoms with Crippen molar-refractivity contribution in [3.05, 3.63) is 25.6 Å². The molecule has 0 aromatic carbocycles. The number of unbranched alkanes of at least 4 members (excludes halogenated alkanes) is 4. The molecule has 0 aliphatic rings. The second-order valence-corrected chi connectivity index (χ2v) is 5.22. The van der Waals surface area contributed by atoms with Gasteiger partial charge in [0.25, 0.3) is 0 Å². The van der Waals surface area contributed by atoms with Crippen LogP contribution in [0.25, 0.3) is 0 Å². The molecule has 0 aliphatic carbocycles. The zero-order valence-electron chi connectivity index (χ0n) is 12.3. The first-order valence-corrected chi connectivity index (χ1v) is 7.67. The summed E-state index contributed by atoms with van der Waals surface area (Å²) < 4.78 is 4.63. The van der Waals surface area contributed by atoms with Crippen LogP contribution in [0.2, 0.25) is 0 Å². The maximum absolute atomic E-state index is 3.90. The number of aryl methyl sites for hydroxylation is 1. The van der Waals surface area contributed by atoms with Crippen molar-refractivity contribution in [2.45, 2.75) is 77.8 Å². The third-order valence-electron chi connectivity index (χ3n) is 3.66. The van der Waals surface area contributed by atoms with E-state index in [2.05, 4.69) is 48.6 Å². The number of hydrogen-bond acceptors (Lipinski definition) is 0. The summed E-state index contributed by atoms with van der Waals surface area (Å²) in [6.07, 6.45) is 17.0. The molecule has 1 unspecified atom stereocenters. The van der Waals surface area contributed by atoms with Crippen LogP contribution in [0.1, 0.15) is 71.3 Å². The third-order valence-corrected chi connectivity index (χ3v) is 3.66. The van der Waals surface area contributed by atoms with Gasteiger partial charge in [-0.2, -0.15) is 0 Å². The Morgan fingerprint density at radius 1 is 1.17 bits per heavy atom. The van der Waals surface area contributed by atoms with Gasteiger partial charge in [-0.1, -0.05) is 39.5 Å². The average molecular weight is 250 g/mol. The zero-order chi connectivity index (χ0) is 13.2. The van der Waals surface area contributed by atoms with Crippen LogP contribution < -0.4 is 4.57 Å². The Bertz CT molecular complexity index is 304. The minimum atomic E-state index is 0.678. The van der Waals surface area contributed by atoms with E-state index in [0.717, 1.165) is 13.0 Å². The second kappa shape index (κ2) is 9.18. The number of hydrogen-bond donors (Lipinski definition) is 0. The fourth-order valence-electron chi connectivity index (χ4n) is 2.49. The lowest BCUT2D eigenvalue weighted by Gasteiger charge is -2.11. The van der Waals surface area contributed by atoms with Crippen molar-refractivity contribution in [2.24, 2.45) is 0 Å². The molecule has 0 spiro atoms. The smallest absolute Gasteiger partial charge is 0.237 e. The van der Waals surface area contributed by atoms with Gasteiger partial charge >= 0.3 is 0 Å². The lowest BCUT2D eigenvalue weighted by Crippen LogP contribution is -2.37. The molecule has 2 nitrogen and oxygen atoms in total. The lowest BCUT2D eigenvalue weighted by molar-refractivity contribution is -0.723. The van der Waals surface area contributed by atoms with E-state index in [0.29, 0.717) is 6.04 Å². The largest absolute Gasteiger partial charge is 0.243 e. The van der Waals surface area contributed by atoms with E-state index in [1.54, 1.807) is 0 Å². The number of rotatable bonds is 10. The minimum Gasteiger partial charge on any atom is -0.237 e. The van der Waals surface area contributed by atoms with Crippen LogP contribution in [-0.2, 0) is 6.54 Å². The van der Waals surface area contributed by atoms with Crippen molar-refractivity contribution < 1.29 is 4.57 Å². The van der Waals surface area contributed by atoms with Crippen LogP contribution >= 0.6 is 0 Å². The van der Waals surface area contributed by atoms with Gasteiger partial charge in [0.15, 0.2) is 0 Å². The van der Waals surface area contributed by atoms with E-state index in [4.69, 9.17) is 0 Å². The molecule has 103 valence electrons. The van der Waals surface area contributed by atoms with Crippen molar-refractivity contribution in [2.75, 3.05) is 0 Å². The molecule has 0 saturated heterocycles. The summed E-state index contributed by atoms with van der Waals surface area (Å²) in [6.45, 7) is 9.50. The highest BCUT2D eigenvalue weighted by molar-refractivity contribution is 4.68. The lowest BCUT2D eigenvalue weighted by atomic mass is 10.0. The van der Waals surface area contributed by atoms with Gasteiger partial charge in [0, 0.05) is 0 Å². The number of aromatic nitrogens is 2. The molecular formula is C16H30N2+. The summed E-state index contributed by atoms with van der Waals surface area (Å²) in [7, 11) is 0. The standard InChI is InChI=1S/C16H30N2/c1-4-7-8-9-10-11-16(6-3)18-14-13-17(15-18)12-5-2/h13-16H,2,4-12H2,1,3H3/q+1. The predicted molar refractivity (Wildman–Crippen MR) is 77.3 cm³/mol. The molecular weight excluding hydrogens is 220 g/mol. The van der Waals surface area contributed by atoms with E-state index in [9.17, 15) is 0 Å². The third kappa shape index (κ3) is 5.24. The highest BCUT2D eigenvalue weighted by Crippen LogP contribution is 2.14. The summed E-state index contributed by atoms with van der Waals surface area (Å²) in [5.74, 6) is 0. The Hall–Kier alpha value is -0.790. The van der Waals surface area contributed by atoms with Gasteiger partial charge in [-0.15, -0.1) is 0 Å². The molecule has 1 rings (SSSR count). The Morgan fingerprint density at radius 3 is 2.61 bits per heavy atom. The monoisotopic (exact) mass is 250 g/mol. The molecule has 0 saturated carbocycles. The molecule has 1 atom stereocenters. The molecule has 18 heavy (non-hydrogen) atoms. The Labute approximate surface area is 113 Å². The fraction of sp³-hybridized carbons (Fsp3) is 0.750. The number of imidazole rings is 1. The first-order valence-electron chi connectivity index (χ1n) is 7.67. The van der Waals surface area contributed by atoms with Crippen LogP contribution in [0.15, 0.2) is 18.7 Å². The molecule has 0 bridgehead atoms. The predicted octanol–water partition coefficient (Wildman–Crippen LogP) is 4.31. The van der Waals surface area contributed by atoms with E-state index in [1.807, 2.05) is 0 Å². The highest BCUT2D eigenvalue weighted by atomic mass is 15.1. The van der Waals surface area contributed by atoms with Crippen molar-refractivity contribution in [3.63, 3.8) is 0 Å². The van der Waals surface area contributed by atoms with Crippen molar-refractivity contribution in [1.29, 1.82) is 0 Å². The summed E-state index contributed by atoms with van der Waals surface area (Å²) in [6, 6.07) is 0.678. The maximum Gasteiger partial charge on any atom is 0.243 e. The van der Waals surface area contributed by atoms with E-state index >= 15 is 0 Å². The van der Waals surface area contributed by atoms with Gasteiger partial charge in [-0.05, 0) is 32.6 Å². The van der Waals surface area contributed by atoms with Gasteiger partial charge in [0.05, 0.1) is 6.54 Å².